The number of benzene rings is 1. The van der Waals surface area contributed by atoms with Crippen LogP contribution < -0.4 is 10.1 Å². The molecule has 0 aliphatic heterocycles. The molecule has 0 spiro atoms. The molecule has 3 rings (SSSR count). The average Bonchev–Trinajstić information content (AvgIpc) is 2.94. The maximum absolute atomic E-state index is 13.2. The summed E-state index contributed by atoms with van der Waals surface area (Å²) in [6.45, 7) is 4.08. The van der Waals surface area contributed by atoms with Crippen LogP contribution in [0.5, 0.6) is 5.75 Å². The number of hydrogen-bond donors (Lipinski definition) is 1. The summed E-state index contributed by atoms with van der Waals surface area (Å²) in [7, 11) is 0. The number of nitrogens with zero attached hydrogens (tertiary/aromatic N) is 2. The van der Waals surface area contributed by atoms with Crippen molar-refractivity contribution in [1.29, 1.82) is 0 Å². The SMILES string of the molecule is Cc1cccc(C)c1OCC(=O)NCc1cn2cc(F)ccc2n1. The second kappa shape index (κ2) is 6.70. The number of para-hydroxylation sites is 1. The molecule has 1 aromatic carbocycles. The third-order valence-electron chi connectivity index (χ3n) is 3.69. The van der Waals surface area contributed by atoms with E-state index >= 15 is 0 Å². The third-order valence-corrected chi connectivity index (χ3v) is 3.69. The van der Waals surface area contributed by atoms with Gasteiger partial charge in [-0.15, -0.1) is 0 Å². The first kappa shape index (κ1) is 16.0. The predicted molar refractivity (Wildman–Crippen MR) is 88.4 cm³/mol. The first-order chi connectivity index (χ1) is 11.5. The highest BCUT2D eigenvalue weighted by atomic mass is 19.1. The van der Waals surface area contributed by atoms with E-state index in [9.17, 15) is 9.18 Å². The molecule has 6 heteroatoms. The minimum absolute atomic E-state index is 0.0618. The van der Waals surface area contributed by atoms with E-state index in [0.29, 0.717) is 11.3 Å². The van der Waals surface area contributed by atoms with Crippen molar-refractivity contribution in [3.05, 3.63) is 65.4 Å². The fourth-order valence-electron chi connectivity index (χ4n) is 2.51. The summed E-state index contributed by atoms with van der Waals surface area (Å²) >= 11 is 0. The standard InChI is InChI=1S/C18H18FN3O2/c1-12-4-3-5-13(2)18(12)24-11-17(23)20-8-15-10-22-9-14(19)6-7-16(22)21-15/h3-7,9-10H,8,11H2,1-2H3,(H,20,23). The second-order valence-electron chi connectivity index (χ2n) is 5.63. The van der Waals surface area contributed by atoms with E-state index in [4.69, 9.17) is 4.74 Å². The minimum Gasteiger partial charge on any atom is -0.483 e. The lowest BCUT2D eigenvalue weighted by molar-refractivity contribution is -0.123. The largest absolute Gasteiger partial charge is 0.483 e. The molecule has 124 valence electrons. The van der Waals surface area contributed by atoms with Crippen LogP contribution in [0.2, 0.25) is 0 Å². The van der Waals surface area contributed by atoms with Crippen molar-refractivity contribution in [3.63, 3.8) is 0 Å². The lowest BCUT2D eigenvalue weighted by atomic mass is 10.1. The summed E-state index contributed by atoms with van der Waals surface area (Å²) in [4.78, 5) is 16.3. The van der Waals surface area contributed by atoms with Gasteiger partial charge in [0.1, 0.15) is 17.2 Å². The zero-order valence-corrected chi connectivity index (χ0v) is 13.5. The molecule has 0 saturated carbocycles. The van der Waals surface area contributed by atoms with E-state index < -0.39 is 0 Å². The molecule has 2 aromatic heterocycles. The van der Waals surface area contributed by atoms with Crippen molar-refractivity contribution in [1.82, 2.24) is 14.7 Å². The molecule has 0 unspecified atom stereocenters. The number of nitrogens with one attached hydrogen (secondary N) is 1. The Morgan fingerprint density at radius 2 is 1.96 bits per heavy atom. The Morgan fingerprint density at radius 1 is 1.21 bits per heavy atom. The Kier molecular flexibility index (Phi) is 4.46. The third kappa shape index (κ3) is 3.53. The molecule has 24 heavy (non-hydrogen) atoms. The van der Waals surface area contributed by atoms with E-state index in [1.54, 1.807) is 16.7 Å². The van der Waals surface area contributed by atoms with Gasteiger partial charge in [0.25, 0.3) is 5.91 Å². The Balaban J connectivity index is 1.57. The van der Waals surface area contributed by atoms with Gasteiger partial charge >= 0.3 is 0 Å². The number of carbonyl (C=O) groups is 1. The Morgan fingerprint density at radius 3 is 2.71 bits per heavy atom. The molecule has 0 bridgehead atoms. The summed E-state index contributed by atoms with van der Waals surface area (Å²) in [6.07, 6.45) is 3.03. The number of hydrogen-bond acceptors (Lipinski definition) is 3. The number of carbonyl (C=O) groups excluding carboxylic acids is 1. The number of aromatic nitrogens is 2. The highest BCUT2D eigenvalue weighted by molar-refractivity contribution is 5.77. The maximum Gasteiger partial charge on any atom is 0.258 e. The van der Waals surface area contributed by atoms with Crippen LogP contribution in [0.4, 0.5) is 4.39 Å². The summed E-state index contributed by atoms with van der Waals surface area (Å²) in [5, 5.41) is 2.75. The highest BCUT2D eigenvalue weighted by Crippen LogP contribution is 2.22. The fraction of sp³-hybridized carbons (Fsp3) is 0.222. The summed E-state index contributed by atoms with van der Waals surface area (Å²) in [5.41, 5.74) is 3.27. The van der Waals surface area contributed by atoms with Crippen molar-refractivity contribution in [2.24, 2.45) is 0 Å². The van der Waals surface area contributed by atoms with Gasteiger partial charge in [0.2, 0.25) is 0 Å². The van der Waals surface area contributed by atoms with Crippen molar-refractivity contribution in [2.75, 3.05) is 6.61 Å². The quantitative estimate of drug-likeness (QED) is 0.784. The summed E-state index contributed by atoms with van der Waals surface area (Å²) < 4.78 is 20.3. The topological polar surface area (TPSA) is 55.6 Å². The Hall–Kier alpha value is -2.89. The van der Waals surface area contributed by atoms with Crippen molar-refractivity contribution < 1.29 is 13.9 Å². The molecule has 3 aromatic rings. The van der Waals surface area contributed by atoms with Crippen LogP contribution in [0.1, 0.15) is 16.8 Å². The fourth-order valence-corrected chi connectivity index (χ4v) is 2.51. The predicted octanol–water partition coefficient (Wildman–Crippen LogP) is 2.79. The first-order valence-corrected chi connectivity index (χ1v) is 7.62. The van der Waals surface area contributed by atoms with E-state index in [2.05, 4.69) is 10.3 Å². The Bertz CT molecular complexity index is 869. The molecule has 0 aliphatic carbocycles. The number of amides is 1. The maximum atomic E-state index is 13.2. The number of aryl methyl sites for hydroxylation is 2. The molecule has 0 radical (unpaired) electrons. The van der Waals surface area contributed by atoms with Gasteiger partial charge < -0.3 is 14.5 Å². The molecule has 2 heterocycles. The van der Waals surface area contributed by atoms with Crippen LogP contribution in [0.3, 0.4) is 0 Å². The number of halogens is 1. The number of rotatable bonds is 5. The number of fused-ring (bicyclic) bond motifs is 1. The number of ether oxygens (including phenoxy) is 1. The van der Waals surface area contributed by atoms with Crippen LogP contribution >= 0.6 is 0 Å². The smallest absolute Gasteiger partial charge is 0.258 e. The highest BCUT2D eigenvalue weighted by Gasteiger charge is 2.08. The summed E-state index contributed by atoms with van der Waals surface area (Å²) in [5.74, 6) is 0.161. The lowest BCUT2D eigenvalue weighted by Gasteiger charge is -2.11. The molecule has 0 fully saturated rings. The van der Waals surface area contributed by atoms with Gasteiger partial charge in [-0.3, -0.25) is 4.79 Å². The molecule has 0 atom stereocenters. The second-order valence-corrected chi connectivity index (χ2v) is 5.63. The van der Waals surface area contributed by atoms with Gasteiger partial charge in [0.05, 0.1) is 12.2 Å². The number of imidazole rings is 1. The van der Waals surface area contributed by atoms with E-state index in [1.165, 1.54) is 12.3 Å². The van der Waals surface area contributed by atoms with Crippen molar-refractivity contribution >= 4 is 11.6 Å². The lowest BCUT2D eigenvalue weighted by Crippen LogP contribution is -2.28. The zero-order chi connectivity index (χ0) is 17.1. The monoisotopic (exact) mass is 327 g/mol. The van der Waals surface area contributed by atoms with Crippen LogP contribution in [-0.2, 0) is 11.3 Å². The van der Waals surface area contributed by atoms with Crippen LogP contribution in [0.25, 0.3) is 5.65 Å². The van der Waals surface area contributed by atoms with Crippen LogP contribution in [0.15, 0.2) is 42.7 Å². The van der Waals surface area contributed by atoms with E-state index in [1.807, 2.05) is 32.0 Å². The van der Waals surface area contributed by atoms with Crippen molar-refractivity contribution in [3.8, 4) is 5.75 Å². The average molecular weight is 327 g/mol. The molecule has 1 N–H and O–H groups in total. The van der Waals surface area contributed by atoms with Crippen LogP contribution in [0, 0.1) is 19.7 Å². The molecule has 1 amide bonds. The molecule has 5 nitrogen and oxygen atoms in total. The Labute approximate surface area is 139 Å². The molecular formula is C18H18FN3O2. The molecule has 0 saturated heterocycles. The van der Waals surface area contributed by atoms with Gasteiger partial charge in [0.15, 0.2) is 6.61 Å². The number of pyridine rings is 1. The van der Waals surface area contributed by atoms with Gasteiger partial charge in [-0.2, -0.15) is 0 Å². The van der Waals surface area contributed by atoms with Gasteiger partial charge in [-0.05, 0) is 37.1 Å². The van der Waals surface area contributed by atoms with Crippen LogP contribution in [-0.4, -0.2) is 21.9 Å². The van der Waals surface area contributed by atoms with E-state index in [-0.39, 0.29) is 24.9 Å². The van der Waals surface area contributed by atoms with Gasteiger partial charge in [-0.1, -0.05) is 18.2 Å². The molecule has 0 aliphatic rings. The van der Waals surface area contributed by atoms with Crippen molar-refractivity contribution in [2.45, 2.75) is 20.4 Å². The molecular weight excluding hydrogens is 309 g/mol. The van der Waals surface area contributed by atoms with Gasteiger partial charge in [-0.25, -0.2) is 9.37 Å². The minimum atomic E-state index is -0.336. The van der Waals surface area contributed by atoms with E-state index in [0.717, 1.165) is 16.9 Å². The zero-order valence-electron chi connectivity index (χ0n) is 13.5. The first-order valence-electron chi connectivity index (χ1n) is 7.62. The summed E-state index contributed by atoms with van der Waals surface area (Å²) in [6, 6.07) is 8.77. The normalized spacial score (nSPS) is 10.8. The van der Waals surface area contributed by atoms with Gasteiger partial charge in [0, 0.05) is 12.4 Å².